The summed E-state index contributed by atoms with van der Waals surface area (Å²) >= 11 is 4.05. The third-order valence-electron chi connectivity index (χ3n) is 3.26. The minimum Gasteiger partial charge on any atom is -0.329 e. The van der Waals surface area contributed by atoms with Crippen molar-refractivity contribution in [2.24, 2.45) is 5.73 Å². The van der Waals surface area contributed by atoms with E-state index in [2.05, 4.69) is 34.2 Å². The van der Waals surface area contributed by atoms with Crippen molar-refractivity contribution in [1.29, 1.82) is 0 Å². The number of piperidine rings is 1. The number of nitrogens with zero attached hydrogens (tertiary/aromatic N) is 1. The maximum absolute atomic E-state index is 5.58. The van der Waals surface area contributed by atoms with E-state index in [1.54, 1.807) is 0 Å². The van der Waals surface area contributed by atoms with Crippen molar-refractivity contribution in [3.63, 3.8) is 0 Å². The largest absolute Gasteiger partial charge is 0.329 e. The third kappa shape index (κ3) is 4.62. The van der Waals surface area contributed by atoms with Crippen LogP contribution in [0.2, 0.25) is 0 Å². The van der Waals surface area contributed by atoms with E-state index in [9.17, 15) is 0 Å². The van der Waals surface area contributed by atoms with Crippen molar-refractivity contribution in [2.75, 3.05) is 31.9 Å². The number of aryl methyl sites for hydroxylation is 1. The molecule has 1 aromatic heterocycles. The molecule has 2 rings (SSSR count). The lowest BCUT2D eigenvalue weighted by molar-refractivity contribution is 0.239. The second kappa shape index (κ2) is 7.41. The topological polar surface area (TPSA) is 29.3 Å². The van der Waals surface area contributed by atoms with Gasteiger partial charge in [0.1, 0.15) is 0 Å². The van der Waals surface area contributed by atoms with Crippen LogP contribution in [0.15, 0.2) is 17.5 Å². The lowest BCUT2D eigenvalue weighted by Crippen LogP contribution is -2.38. The van der Waals surface area contributed by atoms with Gasteiger partial charge < -0.3 is 10.6 Å². The van der Waals surface area contributed by atoms with Gasteiger partial charge in [0.2, 0.25) is 0 Å². The summed E-state index contributed by atoms with van der Waals surface area (Å²) in [5.74, 6) is 1.28. The molecular formula is C13H22N2S2. The average molecular weight is 270 g/mol. The molecule has 0 saturated carbocycles. The minimum atomic E-state index is 0.802. The second-order valence-electron chi connectivity index (χ2n) is 4.53. The first kappa shape index (κ1) is 13.4. The van der Waals surface area contributed by atoms with Gasteiger partial charge in [-0.05, 0) is 49.6 Å². The first-order valence-electron chi connectivity index (χ1n) is 6.45. The minimum absolute atomic E-state index is 0.802. The van der Waals surface area contributed by atoms with Gasteiger partial charge in [-0.1, -0.05) is 6.07 Å². The standard InChI is InChI=1S/C13H22N2S2/c14-6-9-15-7-3-13(4-8-15)17-11-5-12-2-1-10-16-12/h1-2,10,13H,3-9,11,14H2. The fourth-order valence-electron chi connectivity index (χ4n) is 2.26. The molecule has 1 aromatic rings. The molecule has 0 unspecified atom stereocenters. The van der Waals surface area contributed by atoms with Crippen molar-refractivity contribution >= 4 is 23.1 Å². The van der Waals surface area contributed by atoms with Gasteiger partial charge in [0, 0.05) is 23.2 Å². The zero-order chi connectivity index (χ0) is 11.9. The van der Waals surface area contributed by atoms with Gasteiger partial charge in [0.25, 0.3) is 0 Å². The van der Waals surface area contributed by atoms with E-state index in [0.717, 1.165) is 18.3 Å². The van der Waals surface area contributed by atoms with Crippen LogP contribution < -0.4 is 5.73 Å². The average Bonchev–Trinajstić information content (AvgIpc) is 2.85. The molecule has 4 heteroatoms. The smallest absolute Gasteiger partial charge is 0.0105 e. The molecule has 17 heavy (non-hydrogen) atoms. The molecule has 2 nitrogen and oxygen atoms in total. The Balaban J connectivity index is 1.58. The van der Waals surface area contributed by atoms with E-state index < -0.39 is 0 Å². The molecule has 0 aliphatic carbocycles. The van der Waals surface area contributed by atoms with Crippen LogP contribution in [-0.2, 0) is 6.42 Å². The molecule has 96 valence electrons. The van der Waals surface area contributed by atoms with Crippen LogP contribution in [-0.4, -0.2) is 42.1 Å². The lowest BCUT2D eigenvalue weighted by Gasteiger charge is -2.31. The first-order chi connectivity index (χ1) is 8.38. The van der Waals surface area contributed by atoms with Gasteiger partial charge >= 0.3 is 0 Å². The number of hydrogen-bond donors (Lipinski definition) is 1. The molecule has 0 aromatic carbocycles. The van der Waals surface area contributed by atoms with Crippen molar-refractivity contribution in [2.45, 2.75) is 24.5 Å². The van der Waals surface area contributed by atoms with E-state index in [0.29, 0.717) is 0 Å². The molecule has 2 N–H and O–H groups in total. The number of thiophene rings is 1. The van der Waals surface area contributed by atoms with Crippen LogP contribution in [0.5, 0.6) is 0 Å². The fourth-order valence-corrected chi connectivity index (χ4v) is 4.32. The molecule has 0 bridgehead atoms. The lowest BCUT2D eigenvalue weighted by atomic mass is 10.1. The van der Waals surface area contributed by atoms with E-state index in [1.807, 2.05) is 11.3 Å². The molecule has 1 fully saturated rings. The summed E-state index contributed by atoms with van der Waals surface area (Å²) in [5, 5.41) is 3.05. The molecular weight excluding hydrogens is 248 g/mol. The quantitative estimate of drug-likeness (QED) is 0.861. The van der Waals surface area contributed by atoms with Crippen LogP contribution >= 0.6 is 23.1 Å². The predicted octanol–water partition coefficient (Wildman–Crippen LogP) is 2.45. The van der Waals surface area contributed by atoms with Crippen LogP contribution in [0, 0.1) is 0 Å². The molecule has 1 aliphatic heterocycles. The second-order valence-corrected chi connectivity index (χ2v) is 6.97. The van der Waals surface area contributed by atoms with E-state index >= 15 is 0 Å². The summed E-state index contributed by atoms with van der Waals surface area (Å²) in [6, 6.07) is 4.39. The Bertz CT molecular complexity index is 292. The van der Waals surface area contributed by atoms with Crippen molar-refractivity contribution in [3.8, 4) is 0 Å². The highest BCUT2D eigenvalue weighted by Gasteiger charge is 2.18. The summed E-state index contributed by atoms with van der Waals surface area (Å²) in [6.07, 6.45) is 3.93. The van der Waals surface area contributed by atoms with Gasteiger partial charge in [-0.15, -0.1) is 11.3 Å². The summed E-state index contributed by atoms with van der Waals surface area (Å²) in [6.45, 7) is 4.37. The van der Waals surface area contributed by atoms with Crippen LogP contribution in [0.25, 0.3) is 0 Å². The molecule has 0 radical (unpaired) electrons. The third-order valence-corrected chi connectivity index (χ3v) is 5.58. The van der Waals surface area contributed by atoms with Crippen molar-refractivity contribution in [3.05, 3.63) is 22.4 Å². The highest BCUT2D eigenvalue weighted by molar-refractivity contribution is 7.99. The van der Waals surface area contributed by atoms with E-state index in [4.69, 9.17) is 5.73 Å². The molecule has 1 aliphatic rings. The molecule has 0 atom stereocenters. The summed E-state index contributed by atoms with van der Waals surface area (Å²) < 4.78 is 0. The summed E-state index contributed by atoms with van der Waals surface area (Å²) in [5.41, 5.74) is 5.58. The van der Waals surface area contributed by atoms with E-state index in [1.165, 1.54) is 43.0 Å². The number of hydrogen-bond acceptors (Lipinski definition) is 4. The SMILES string of the molecule is NCCN1CCC(SCCc2cccs2)CC1. The normalized spacial score (nSPS) is 18.6. The highest BCUT2D eigenvalue weighted by atomic mass is 32.2. The summed E-state index contributed by atoms with van der Waals surface area (Å²) in [4.78, 5) is 4.02. The predicted molar refractivity (Wildman–Crippen MR) is 79.0 cm³/mol. The monoisotopic (exact) mass is 270 g/mol. The van der Waals surface area contributed by atoms with Crippen molar-refractivity contribution in [1.82, 2.24) is 4.90 Å². The number of thioether (sulfide) groups is 1. The zero-order valence-electron chi connectivity index (χ0n) is 10.3. The Morgan fingerprint density at radius 3 is 2.88 bits per heavy atom. The Morgan fingerprint density at radius 2 is 2.24 bits per heavy atom. The van der Waals surface area contributed by atoms with Gasteiger partial charge in [-0.3, -0.25) is 0 Å². The van der Waals surface area contributed by atoms with Gasteiger partial charge in [-0.2, -0.15) is 11.8 Å². The number of nitrogens with two attached hydrogens (primary N) is 1. The Kier molecular flexibility index (Phi) is 5.85. The van der Waals surface area contributed by atoms with Crippen molar-refractivity contribution < 1.29 is 0 Å². The van der Waals surface area contributed by atoms with Crippen LogP contribution in [0.1, 0.15) is 17.7 Å². The van der Waals surface area contributed by atoms with Crippen LogP contribution in [0.4, 0.5) is 0 Å². The van der Waals surface area contributed by atoms with Gasteiger partial charge in [-0.25, -0.2) is 0 Å². The Hall–Kier alpha value is -0.0300. The number of rotatable bonds is 6. The van der Waals surface area contributed by atoms with E-state index in [-0.39, 0.29) is 0 Å². The highest BCUT2D eigenvalue weighted by Crippen LogP contribution is 2.24. The fraction of sp³-hybridized carbons (Fsp3) is 0.692. The molecule has 0 spiro atoms. The molecule has 1 saturated heterocycles. The zero-order valence-corrected chi connectivity index (χ0v) is 11.9. The maximum atomic E-state index is 5.58. The maximum Gasteiger partial charge on any atom is 0.0105 e. The number of likely N-dealkylation sites (tertiary alicyclic amines) is 1. The molecule has 0 amide bonds. The van der Waals surface area contributed by atoms with Gasteiger partial charge in [0.05, 0.1) is 0 Å². The first-order valence-corrected chi connectivity index (χ1v) is 8.37. The Labute approximate surface area is 113 Å². The van der Waals surface area contributed by atoms with Crippen LogP contribution in [0.3, 0.4) is 0 Å². The van der Waals surface area contributed by atoms with Gasteiger partial charge in [0.15, 0.2) is 0 Å². The Morgan fingerprint density at radius 1 is 1.41 bits per heavy atom. The molecule has 2 heterocycles. The summed E-state index contributed by atoms with van der Waals surface area (Å²) in [7, 11) is 0.